The number of methoxy groups -OCH3 is 1. The lowest BCUT2D eigenvalue weighted by molar-refractivity contribution is -0.157. The van der Waals surface area contributed by atoms with Gasteiger partial charge in [0, 0.05) is 19.9 Å². The maximum Gasteiger partial charge on any atom is 0.336 e. The number of carbonyl (C=O) groups is 2. The molecule has 0 unspecified atom stereocenters. The van der Waals surface area contributed by atoms with Crippen molar-refractivity contribution in [3.05, 3.63) is 126 Å². The van der Waals surface area contributed by atoms with Crippen LogP contribution in [0.3, 0.4) is 0 Å². The number of benzene rings is 3. The van der Waals surface area contributed by atoms with Gasteiger partial charge in [-0.25, -0.2) is 4.79 Å². The normalized spacial score (nSPS) is 13.2. The quantitative estimate of drug-likeness (QED) is 0.331. The molecule has 178 valence electrons. The molecule has 3 aromatic rings. The molecule has 1 amide bonds. The predicted molar refractivity (Wildman–Crippen MR) is 143 cm³/mol. The van der Waals surface area contributed by atoms with Crippen molar-refractivity contribution in [1.29, 1.82) is 0 Å². The van der Waals surface area contributed by atoms with Crippen molar-refractivity contribution in [3.8, 4) is 0 Å². The number of carbonyl (C=O) groups excluding carboxylic acids is 2. The Balaban J connectivity index is 2.01. The molecule has 4 nitrogen and oxygen atoms in total. The highest BCUT2D eigenvalue weighted by molar-refractivity contribution is 5.91. The summed E-state index contributed by atoms with van der Waals surface area (Å²) in [6, 6.07) is 29.4. The van der Waals surface area contributed by atoms with Crippen molar-refractivity contribution in [2.45, 2.75) is 18.9 Å². The Hall–Kier alpha value is -4.18. The molecule has 0 bridgehead atoms. The topological polar surface area (TPSA) is 46.6 Å². The van der Waals surface area contributed by atoms with Gasteiger partial charge in [0.1, 0.15) is 0 Å². The number of esters is 1. The van der Waals surface area contributed by atoms with Crippen LogP contribution in [0.5, 0.6) is 0 Å². The zero-order valence-corrected chi connectivity index (χ0v) is 20.2. The Morgan fingerprint density at radius 3 is 1.66 bits per heavy atom. The van der Waals surface area contributed by atoms with Gasteiger partial charge in [-0.3, -0.25) is 4.79 Å². The first-order valence-electron chi connectivity index (χ1n) is 11.6. The number of nitrogens with zero attached hydrogens (tertiary/aromatic N) is 1. The molecule has 0 spiro atoms. The highest BCUT2D eigenvalue weighted by atomic mass is 16.5. The fourth-order valence-corrected chi connectivity index (χ4v) is 3.87. The van der Waals surface area contributed by atoms with Crippen LogP contribution in [-0.4, -0.2) is 36.0 Å². The maximum absolute atomic E-state index is 13.4. The zero-order chi connectivity index (χ0) is 24.9. The van der Waals surface area contributed by atoms with Crippen molar-refractivity contribution in [2.24, 2.45) is 0 Å². The summed E-state index contributed by atoms with van der Waals surface area (Å²) in [6.45, 7) is 1.73. The largest absolute Gasteiger partial charge is 0.467 e. The van der Waals surface area contributed by atoms with Crippen LogP contribution in [0.2, 0.25) is 0 Å². The van der Waals surface area contributed by atoms with Crippen molar-refractivity contribution in [1.82, 2.24) is 4.90 Å². The van der Waals surface area contributed by atoms with Crippen LogP contribution in [-0.2, 0) is 14.3 Å². The van der Waals surface area contributed by atoms with E-state index in [4.69, 9.17) is 4.74 Å². The van der Waals surface area contributed by atoms with Crippen LogP contribution in [0.25, 0.3) is 18.2 Å². The molecular weight excluding hydrogens is 434 g/mol. The molecule has 4 heteroatoms. The number of hydrogen-bond acceptors (Lipinski definition) is 3. The SMILES string of the molecule is COC(=O)[C@@](C=Cc1ccccc1)(CC=Cc1ccccc1)N(CC=Cc1ccccc1)C(C)=O. The van der Waals surface area contributed by atoms with Crippen LogP contribution >= 0.6 is 0 Å². The molecule has 0 aliphatic heterocycles. The second-order valence-electron chi connectivity index (χ2n) is 8.12. The first kappa shape index (κ1) is 25.4. The van der Waals surface area contributed by atoms with Crippen molar-refractivity contribution in [3.63, 3.8) is 0 Å². The summed E-state index contributed by atoms with van der Waals surface area (Å²) < 4.78 is 5.26. The third-order valence-corrected chi connectivity index (χ3v) is 5.69. The Bertz CT molecular complexity index is 1170. The number of amides is 1. The molecule has 0 heterocycles. The van der Waals surface area contributed by atoms with E-state index in [1.54, 1.807) is 11.0 Å². The monoisotopic (exact) mass is 465 g/mol. The van der Waals surface area contributed by atoms with E-state index >= 15 is 0 Å². The molecule has 1 atom stereocenters. The molecule has 0 saturated heterocycles. The number of hydrogen-bond donors (Lipinski definition) is 0. The van der Waals surface area contributed by atoms with Gasteiger partial charge in [0.25, 0.3) is 0 Å². The summed E-state index contributed by atoms with van der Waals surface area (Å²) in [5, 5.41) is 0. The fourth-order valence-electron chi connectivity index (χ4n) is 3.87. The highest BCUT2D eigenvalue weighted by Gasteiger charge is 2.43. The molecule has 0 fully saturated rings. The minimum absolute atomic E-state index is 0.223. The van der Waals surface area contributed by atoms with Gasteiger partial charge < -0.3 is 9.64 Å². The van der Waals surface area contributed by atoms with Gasteiger partial charge in [0.15, 0.2) is 5.54 Å². The minimum Gasteiger partial charge on any atom is -0.467 e. The van der Waals surface area contributed by atoms with E-state index in [0.717, 1.165) is 16.7 Å². The molecule has 0 saturated carbocycles. The Morgan fingerprint density at radius 1 is 0.743 bits per heavy atom. The fraction of sp³-hybridized carbons (Fsp3) is 0.161. The van der Waals surface area contributed by atoms with E-state index in [9.17, 15) is 9.59 Å². The van der Waals surface area contributed by atoms with E-state index in [2.05, 4.69) is 0 Å². The first-order chi connectivity index (χ1) is 17.0. The van der Waals surface area contributed by atoms with Gasteiger partial charge in [-0.15, -0.1) is 0 Å². The molecule has 0 aliphatic carbocycles. The molecular formula is C31H31NO3. The van der Waals surface area contributed by atoms with E-state index < -0.39 is 11.5 Å². The van der Waals surface area contributed by atoms with Gasteiger partial charge in [0.2, 0.25) is 5.91 Å². The van der Waals surface area contributed by atoms with Crippen LogP contribution in [0, 0.1) is 0 Å². The average Bonchev–Trinajstić information content (AvgIpc) is 2.90. The van der Waals surface area contributed by atoms with Gasteiger partial charge in [-0.05, 0) is 22.8 Å². The van der Waals surface area contributed by atoms with Crippen molar-refractivity contribution in [2.75, 3.05) is 13.7 Å². The second-order valence-corrected chi connectivity index (χ2v) is 8.12. The number of rotatable bonds is 10. The standard InChI is InChI=1S/C31H31NO3/c1-26(33)32(25-13-21-28-16-8-4-9-17-28)31(30(34)35-2,24-22-29-18-10-5-11-19-29)23-12-20-27-14-6-3-7-15-27/h3-22,24H,23,25H2,1-2H3/t31-/m0/s1. The van der Waals surface area contributed by atoms with Gasteiger partial charge >= 0.3 is 5.97 Å². The third kappa shape index (κ3) is 7.15. The molecule has 0 aromatic heterocycles. The summed E-state index contributed by atoms with van der Waals surface area (Å²) in [6.07, 6.45) is 11.6. The van der Waals surface area contributed by atoms with Gasteiger partial charge in [0.05, 0.1) is 7.11 Å². The summed E-state index contributed by atoms with van der Waals surface area (Å²) in [4.78, 5) is 27.8. The molecule has 0 radical (unpaired) electrons. The zero-order valence-electron chi connectivity index (χ0n) is 20.2. The molecule has 0 aliphatic rings. The lowest BCUT2D eigenvalue weighted by atomic mass is 9.90. The van der Waals surface area contributed by atoms with Crippen molar-refractivity contribution < 1.29 is 14.3 Å². The van der Waals surface area contributed by atoms with E-state index in [1.807, 2.05) is 121 Å². The second kappa shape index (κ2) is 12.9. The maximum atomic E-state index is 13.4. The third-order valence-electron chi connectivity index (χ3n) is 5.69. The lowest BCUT2D eigenvalue weighted by Crippen LogP contribution is -2.55. The van der Waals surface area contributed by atoms with Crippen LogP contribution in [0.15, 0.2) is 109 Å². The summed E-state index contributed by atoms with van der Waals surface area (Å²) in [7, 11) is 1.35. The van der Waals surface area contributed by atoms with Crippen LogP contribution in [0.1, 0.15) is 30.0 Å². The molecule has 3 rings (SSSR count). The highest BCUT2D eigenvalue weighted by Crippen LogP contribution is 2.27. The summed E-state index contributed by atoms with van der Waals surface area (Å²) in [5.74, 6) is -0.718. The summed E-state index contributed by atoms with van der Waals surface area (Å²) >= 11 is 0. The first-order valence-corrected chi connectivity index (χ1v) is 11.6. The van der Waals surface area contributed by atoms with E-state index in [1.165, 1.54) is 14.0 Å². The van der Waals surface area contributed by atoms with Gasteiger partial charge in [-0.1, -0.05) is 121 Å². The van der Waals surface area contributed by atoms with Gasteiger partial charge in [-0.2, -0.15) is 0 Å². The lowest BCUT2D eigenvalue weighted by Gasteiger charge is -2.38. The Labute approximate surface area is 207 Å². The molecule has 35 heavy (non-hydrogen) atoms. The van der Waals surface area contributed by atoms with E-state index in [-0.39, 0.29) is 18.9 Å². The van der Waals surface area contributed by atoms with Crippen LogP contribution < -0.4 is 0 Å². The number of ether oxygens (including phenoxy) is 1. The Morgan fingerprint density at radius 2 is 1.20 bits per heavy atom. The average molecular weight is 466 g/mol. The minimum atomic E-state index is -1.32. The smallest absolute Gasteiger partial charge is 0.336 e. The Kier molecular flexibility index (Phi) is 9.38. The predicted octanol–water partition coefficient (Wildman–Crippen LogP) is 6.28. The summed E-state index contributed by atoms with van der Waals surface area (Å²) in [5.41, 5.74) is 1.64. The van der Waals surface area contributed by atoms with Crippen molar-refractivity contribution >= 4 is 30.1 Å². The molecule has 3 aromatic carbocycles. The van der Waals surface area contributed by atoms with Crippen LogP contribution in [0.4, 0.5) is 0 Å². The molecule has 0 N–H and O–H groups in total. The van der Waals surface area contributed by atoms with E-state index in [0.29, 0.717) is 0 Å².